The summed E-state index contributed by atoms with van der Waals surface area (Å²) >= 11 is 0. The number of amides is 1. The van der Waals surface area contributed by atoms with Crippen LogP contribution in [0.15, 0.2) is 6.20 Å². The first kappa shape index (κ1) is 12.7. The molecule has 0 radical (unpaired) electrons. The van der Waals surface area contributed by atoms with Crippen LogP contribution in [0.4, 0.5) is 10.7 Å². The Bertz CT molecular complexity index is 447. The Morgan fingerprint density at radius 2 is 2.17 bits per heavy atom. The van der Waals surface area contributed by atoms with Gasteiger partial charge in [0.15, 0.2) is 0 Å². The Morgan fingerprint density at radius 1 is 1.44 bits per heavy atom. The smallest absolute Gasteiger partial charge is 0.410 e. The fourth-order valence-electron chi connectivity index (χ4n) is 1.96. The van der Waals surface area contributed by atoms with Crippen molar-refractivity contribution in [3.8, 4) is 0 Å². The number of nitrogens with one attached hydrogen (secondary N) is 1. The SMILES string of the molecule is CNc1ncc2n1CCN(C(=O)OC(C)(C)C)C2. The highest BCUT2D eigenvalue weighted by Crippen LogP contribution is 2.19. The Hall–Kier alpha value is -1.72. The standard InChI is InChI=1S/C12H20N4O2/c1-12(2,3)18-11(17)15-5-6-16-9(8-15)7-14-10(16)13-4/h7H,5-6,8H2,1-4H3,(H,13,14). The number of carbonyl (C=O) groups is 1. The number of ether oxygens (including phenoxy) is 1. The Morgan fingerprint density at radius 3 is 2.78 bits per heavy atom. The molecule has 1 aliphatic rings. The second kappa shape index (κ2) is 4.51. The summed E-state index contributed by atoms with van der Waals surface area (Å²) in [6, 6.07) is 0. The van der Waals surface area contributed by atoms with E-state index in [-0.39, 0.29) is 6.09 Å². The number of imidazole rings is 1. The molecule has 1 aliphatic heterocycles. The highest BCUT2D eigenvalue weighted by Gasteiger charge is 2.26. The van der Waals surface area contributed by atoms with E-state index in [1.807, 2.05) is 27.8 Å². The first-order valence-electron chi connectivity index (χ1n) is 6.11. The molecule has 18 heavy (non-hydrogen) atoms. The number of anilines is 1. The van der Waals surface area contributed by atoms with Gasteiger partial charge in [-0.05, 0) is 20.8 Å². The van der Waals surface area contributed by atoms with Crippen LogP contribution >= 0.6 is 0 Å². The summed E-state index contributed by atoms with van der Waals surface area (Å²) in [5, 5.41) is 3.03. The number of carbonyl (C=O) groups excluding carboxylic acids is 1. The third-order valence-electron chi connectivity index (χ3n) is 2.76. The molecule has 0 atom stereocenters. The van der Waals surface area contributed by atoms with Gasteiger partial charge in [0.1, 0.15) is 5.60 Å². The van der Waals surface area contributed by atoms with E-state index in [2.05, 4.69) is 14.9 Å². The quantitative estimate of drug-likeness (QED) is 0.826. The second-order valence-corrected chi connectivity index (χ2v) is 5.38. The van der Waals surface area contributed by atoms with E-state index in [0.29, 0.717) is 13.1 Å². The van der Waals surface area contributed by atoms with Crippen molar-refractivity contribution in [1.82, 2.24) is 14.5 Å². The summed E-state index contributed by atoms with van der Waals surface area (Å²) in [5.41, 5.74) is 0.571. The van der Waals surface area contributed by atoms with Crippen LogP contribution in [0, 0.1) is 0 Å². The molecule has 0 aliphatic carbocycles. The normalized spacial score (nSPS) is 15.2. The van der Waals surface area contributed by atoms with Crippen molar-refractivity contribution >= 4 is 12.0 Å². The fourth-order valence-corrected chi connectivity index (χ4v) is 1.96. The van der Waals surface area contributed by atoms with Crippen LogP contribution in [0.5, 0.6) is 0 Å². The van der Waals surface area contributed by atoms with E-state index < -0.39 is 5.60 Å². The van der Waals surface area contributed by atoms with Crippen molar-refractivity contribution in [1.29, 1.82) is 0 Å². The zero-order chi connectivity index (χ0) is 13.3. The van der Waals surface area contributed by atoms with Crippen molar-refractivity contribution in [3.05, 3.63) is 11.9 Å². The zero-order valence-corrected chi connectivity index (χ0v) is 11.4. The highest BCUT2D eigenvalue weighted by atomic mass is 16.6. The zero-order valence-electron chi connectivity index (χ0n) is 11.4. The van der Waals surface area contributed by atoms with E-state index in [1.165, 1.54) is 0 Å². The van der Waals surface area contributed by atoms with Gasteiger partial charge in [-0.1, -0.05) is 0 Å². The Labute approximate surface area is 107 Å². The molecule has 6 heteroatoms. The molecule has 0 saturated carbocycles. The number of aromatic nitrogens is 2. The first-order chi connectivity index (χ1) is 8.40. The molecule has 0 aromatic carbocycles. The summed E-state index contributed by atoms with van der Waals surface area (Å²) in [5.74, 6) is 0.842. The maximum absolute atomic E-state index is 12.0. The number of hydrogen-bond donors (Lipinski definition) is 1. The van der Waals surface area contributed by atoms with Crippen LogP contribution in [-0.4, -0.2) is 39.7 Å². The molecule has 0 saturated heterocycles. The van der Waals surface area contributed by atoms with Crippen LogP contribution in [-0.2, 0) is 17.8 Å². The van der Waals surface area contributed by atoms with E-state index >= 15 is 0 Å². The van der Waals surface area contributed by atoms with Gasteiger partial charge < -0.3 is 19.5 Å². The molecule has 6 nitrogen and oxygen atoms in total. The Kier molecular flexibility index (Phi) is 3.19. The van der Waals surface area contributed by atoms with Gasteiger partial charge in [0.05, 0.1) is 18.4 Å². The number of fused-ring (bicyclic) bond motifs is 1. The molecular weight excluding hydrogens is 232 g/mol. The summed E-state index contributed by atoms with van der Waals surface area (Å²) in [6.07, 6.45) is 1.53. The lowest BCUT2D eigenvalue weighted by atomic mass is 10.2. The third kappa shape index (κ3) is 2.57. The predicted molar refractivity (Wildman–Crippen MR) is 68.4 cm³/mol. The molecule has 1 aromatic heterocycles. The van der Waals surface area contributed by atoms with E-state index in [0.717, 1.165) is 18.2 Å². The monoisotopic (exact) mass is 252 g/mol. The molecule has 1 aromatic rings. The van der Waals surface area contributed by atoms with Crippen molar-refractivity contribution in [2.75, 3.05) is 18.9 Å². The highest BCUT2D eigenvalue weighted by molar-refractivity contribution is 5.68. The average Bonchev–Trinajstić information content (AvgIpc) is 2.68. The molecule has 0 unspecified atom stereocenters. The van der Waals surface area contributed by atoms with Crippen LogP contribution < -0.4 is 5.32 Å². The molecule has 100 valence electrons. The minimum atomic E-state index is -0.453. The predicted octanol–water partition coefficient (Wildman–Crippen LogP) is 1.68. The summed E-state index contributed by atoms with van der Waals surface area (Å²) < 4.78 is 7.45. The molecule has 0 spiro atoms. The molecular formula is C12H20N4O2. The topological polar surface area (TPSA) is 59.4 Å². The van der Waals surface area contributed by atoms with Crippen LogP contribution in [0.3, 0.4) is 0 Å². The number of nitrogens with zero attached hydrogens (tertiary/aromatic N) is 3. The summed E-state index contributed by atoms with van der Waals surface area (Å²) in [7, 11) is 1.84. The summed E-state index contributed by atoms with van der Waals surface area (Å²) in [6.45, 7) is 7.55. The minimum Gasteiger partial charge on any atom is -0.444 e. The molecule has 1 amide bonds. The lowest BCUT2D eigenvalue weighted by Crippen LogP contribution is -2.41. The van der Waals surface area contributed by atoms with Crippen molar-refractivity contribution in [2.45, 2.75) is 39.5 Å². The summed E-state index contributed by atoms with van der Waals surface area (Å²) in [4.78, 5) is 17.9. The van der Waals surface area contributed by atoms with Gasteiger partial charge in [-0.25, -0.2) is 9.78 Å². The van der Waals surface area contributed by atoms with Crippen LogP contribution in [0.2, 0.25) is 0 Å². The number of rotatable bonds is 1. The maximum Gasteiger partial charge on any atom is 0.410 e. The average molecular weight is 252 g/mol. The van der Waals surface area contributed by atoms with Crippen molar-refractivity contribution in [3.63, 3.8) is 0 Å². The minimum absolute atomic E-state index is 0.263. The van der Waals surface area contributed by atoms with Gasteiger partial charge in [0, 0.05) is 20.1 Å². The number of hydrogen-bond acceptors (Lipinski definition) is 4. The van der Waals surface area contributed by atoms with E-state index in [9.17, 15) is 4.79 Å². The molecule has 2 rings (SSSR count). The molecule has 1 N–H and O–H groups in total. The van der Waals surface area contributed by atoms with Crippen molar-refractivity contribution in [2.24, 2.45) is 0 Å². The largest absolute Gasteiger partial charge is 0.444 e. The lowest BCUT2D eigenvalue weighted by Gasteiger charge is -2.31. The lowest BCUT2D eigenvalue weighted by molar-refractivity contribution is 0.0200. The van der Waals surface area contributed by atoms with E-state index in [4.69, 9.17) is 4.74 Å². The Balaban J connectivity index is 2.06. The van der Waals surface area contributed by atoms with Crippen LogP contribution in [0.25, 0.3) is 0 Å². The van der Waals surface area contributed by atoms with Gasteiger partial charge in [-0.15, -0.1) is 0 Å². The first-order valence-corrected chi connectivity index (χ1v) is 6.11. The van der Waals surface area contributed by atoms with Gasteiger partial charge in [-0.3, -0.25) is 0 Å². The van der Waals surface area contributed by atoms with E-state index in [1.54, 1.807) is 11.1 Å². The molecule has 0 fully saturated rings. The second-order valence-electron chi connectivity index (χ2n) is 5.38. The van der Waals surface area contributed by atoms with Crippen molar-refractivity contribution < 1.29 is 9.53 Å². The van der Waals surface area contributed by atoms with Gasteiger partial charge in [0.25, 0.3) is 0 Å². The molecule has 2 heterocycles. The van der Waals surface area contributed by atoms with Gasteiger partial charge in [0.2, 0.25) is 5.95 Å². The fraction of sp³-hybridized carbons (Fsp3) is 0.667. The van der Waals surface area contributed by atoms with Gasteiger partial charge in [-0.2, -0.15) is 0 Å². The van der Waals surface area contributed by atoms with Crippen LogP contribution in [0.1, 0.15) is 26.5 Å². The molecule has 0 bridgehead atoms. The third-order valence-corrected chi connectivity index (χ3v) is 2.76. The maximum atomic E-state index is 12.0. The van der Waals surface area contributed by atoms with Gasteiger partial charge >= 0.3 is 6.09 Å².